The summed E-state index contributed by atoms with van der Waals surface area (Å²) < 4.78 is 2.10. The fourth-order valence-corrected chi connectivity index (χ4v) is 4.20. The van der Waals surface area contributed by atoms with E-state index in [0.29, 0.717) is 16.9 Å². The molecule has 1 amide bonds. The third-order valence-corrected chi connectivity index (χ3v) is 6.56. The number of anilines is 1. The zero-order valence-electron chi connectivity index (χ0n) is 20.5. The Hall–Kier alpha value is -4.30. The molecule has 3 aromatic heterocycles. The van der Waals surface area contributed by atoms with E-state index in [9.17, 15) is 4.79 Å². The molecular formula is C28H26ClN7O. The lowest BCUT2D eigenvalue weighted by Crippen LogP contribution is -2.20. The summed E-state index contributed by atoms with van der Waals surface area (Å²) in [6.07, 6.45) is 11.0. The van der Waals surface area contributed by atoms with Gasteiger partial charge in [-0.1, -0.05) is 35.9 Å². The molecule has 1 aliphatic rings. The van der Waals surface area contributed by atoms with Crippen molar-refractivity contribution < 1.29 is 4.79 Å². The molecule has 1 aliphatic carbocycles. The number of aromatic nitrogens is 5. The number of amides is 1. The predicted molar refractivity (Wildman–Crippen MR) is 145 cm³/mol. The standard InChI is InChI=1S/C28H26ClN7O/c1-3-18(19-7-11-25(31-14-19)20-8-12-26(29)32-15-20)13-23(30)28(37)34-24-6-4-5-22(17(24)2)27-35-33-16-36(27)21-9-10-21/h3-8,11-16,21H,9-10,30H2,1-2H3,(H,34,37)/b18-3+,23-13-. The van der Waals surface area contributed by atoms with E-state index < -0.39 is 0 Å². The van der Waals surface area contributed by atoms with Crippen molar-refractivity contribution in [2.24, 2.45) is 5.73 Å². The lowest BCUT2D eigenvalue weighted by molar-refractivity contribution is -0.112. The number of hydrogen-bond acceptors (Lipinski definition) is 6. The highest BCUT2D eigenvalue weighted by Gasteiger charge is 2.27. The van der Waals surface area contributed by atoms with E-state index in [1.165, 1.54) is 0 Å². The first-order valence-corrected chi connectivity index (χ1v) is 12.3. The van der Waals surface area contributed by atoms with E-state index in [1.807, 2.05) is 56.3 Å². The van der Waals surface area contributed by atoms with Crippen LogP contribution in [-0.4, -0.2) is 30.6 Å². The Kier molecular flexibility index (Phi) is 6.83. The van der Waals surface area contributed by atoms with E-state index >= 15 is 0 Å². The SMILES string of the molecule is C/C=C(\C=C(/N)C(=O)Nc1cccc(-c2nncn2C2CC2)c1C)c1ccc(-c2ccc(Cl)nc2)nc1. The molecule has 0 saturated heterocycles. The second-order valence-corrected chi connectivity index (χ2v) is 9.26. The van der Waals surface area contributed by atoms with Crippen LogP contribution in [0.2, 0.25) is 5.15 Å². The maximum absolute atomic E-state index is 13.0. The number of allylic oxidation sites excluding steroid dienone is 3. The van der Waals surface area contributed by atoms with Gasteiger partial charge in [-0.05, 0) is 73.7 Å². The summed E-state index contributed by atoms with van der Waals surface area (Å²) >= 11 is 5.87. The predicted octanol–water partition coefficient (Wildman–Crippen LogP) is 5.58. The van der Waals surface area contributed by atoms with Gasteiger partial charge in [0.25, 0.3) is 5.91 Å². The molecule has 0 radical (unpaired) electrons. The number of benzene rings is 1. The quantitative estimate of drug-likeness (QED) is 0.190. The molecule has 5 rings (SSSR count). The van der Waals surface area contributed by atoms with Crippen molar-refractivity contribution in [3.63, 3.8) is 0 Å². The second-order valence-electron chi connectivity index (χ2n) is 8.87. The number of pyridine rings is 2. The van der Waals surface area contributed by atoms with Gasteiger partial charge in [0, 0.05) is 35.2 Å². The molecule has 0 aliphatic heterocycles. The molecule has 0 unspecified atom stereocenters. The maximum atomic E-state index is 13.0. The summed E-state index contributed by atoms with van der Waals surface area (Å²) in [5.41, 5.74) is 12.1. The van der Waals surface area contributed by atoms with Crippen molar-refractivity contribution in [3.8, 4) is 22.6 Å². The summed E-state index contributed by atoms with van der Waals surface area (Å²) in [5.74, 6) is 0.418. The molecule has 1 aromatic carbocycles. The first-order chi connectivity index (χ1) is 17.9. The molecule has 37 heavy (non-hydrogen) atoms. The zero-order chi connectivity index (χ0) is 25.9. The molecule has 1 saturated carbocycles. The van der Waals surface area contributed by atoms with Crippen molar-refractivity contribution in [2.75, 3.05) is 5.32 Å². The van der Waals surface area contributed by atoms with Gasteiger partial charge in [-0.3, -0.25) is 9.78 Å². The Morgan fingerprint density at radius 3 is 2.65 bits per heavy atom. The van der Waals surface area contributed by atoms with E-state index in [2.05, 4.69) is 30.0 Å². The van der Waals surface area contributed by atoms with Gasteiger partial charge in [0.1, 0.15) is 11.5 Å². The minimum absolute atomic E-state index is 0.0880. The lowest BCUT2D eigenvalue weighted by atomic mass is 10.0. The Morgan fingerprint density at radius 1 is 1.14 bits per heavy atom. The minimum Gasteiger partial charge on any atom is -0.394 e. The number of halogens is 1. The zero-order valence-corrected chi connectivity index (χ0v) is 21.3. The molecule has 3 N–H and O–H groups in total. The largest absolute Gasteiger partial charge is 0.394 e. The van der Waals surface area contributed by atoms with Crippen molar-refractivity contribution in [1.82, 2.24) is 24.7 Å². The maximum Gasteiger partial charge on any atom is 0.271 e. The summed E-state index contributed by atoms with van der Waals surface area (Å²) in [6, 6.07) is 13.6. The molecule has 0 bridgehead atoms. The Balaban J connectivity index is 1.33. The number of nitrogens with zero attached hydrogens (tertiary/aromatic N) is 5. The number of rotatable bonds is 7. The minimum atomic E-state index is -0.389. The van der Waals surface area contributed by atoms with Crippen LogP contribution in [-0.2, 0) is 4.79 Å². The van der Waals surface area contributed by atoms with Crippen molar-refractivity contribution >= 4 is 28.8 Å². The van der Waals surface area contributed by atoms with Gasteiger partial charge in [0.2, 0.25) is 0 Å². The molecular weight excluding hydrogens is 486 g/mol. The number of nitrogens with one attached hydrogen (secondary N) is 1. The summed E-state index contributed by atoms with van der Waals surface area (Å²) in [6.45, 7) is 3.84. The fourth-order valence-electron chi connectivity index (χ4n) is 4.09. The molecule has 9 heteroatoms. The van der Waals surface area contributed by atoms with Gasteiger partial charge < -0.3 is 15.6 Å². The van der Waals surface area contributed by atoms with E-state index in [4.69, 9.17) is 17.3 Å². The van der Waals surface area contributed by atoms with Crippen LogP contribution in [0.25, 0.3) is 28.2 Å². The highest BCUT2D eigenvalue weighted by molar-refractivity contribution is 6.29. The van der Waals surface area contributed by atoms with Gasteiger partial charge in [-0.15, -0.1) is 10.2 Å². The molecule has 0 spiro atoms. The van der Waals surface area contributed by atoms with Crippen LogP contribution >= 0.6 is 11.6 Å². The van der Waals surface area contributed by atoms with Gasteiger partial charge in [-0.2, -0.15) is 0 Å². The first kappa shape index (κ1) is 24.4. The van der Waals surface area contributed by atoms with Gasteiger partial charge in [0.05, 0.1) is 11.4 Å². The number of carbonyl (C=O) groups excluding carboxylic acids is 1. The molecule has 3 heterocycles. The smallest absolute Gasteiger partial charge is 0.271 e. The number of hydrogen-bond donors (Lipinski definition) is 2. The Bertz CT molecular complexity index is 1500. The molecule has 0 atom stereocenters. The summed E-state index contributed by atoms with van der Waals surface area (Å²) in [5, 5.41) is 11.8. The fraction of sp³-hybridized carbons (Fsp3) is 0.179. The highest BCUT2D eigenvalue weighted by atomic mass is 35.5. The van der Waals surface area contributed by atoms with Crippen molar-refractivity contribution in [1.29, 1.82) is 0 Å². The van der Waals surface area contributed by atoms with Crippen molar-refractivity contribution in [3.05, 3.63) is 95.3 Å². The van der Waals surface area contributed by atoms with Crippen molar-refractivity contribution in [2.45, 2.75) is 32.7 Å². The highest BCUT2D eigenvalue weighted by Crippen LogP contribution is 2.38. The van der Waals surface area contributed by atoms with Crippen LogP contribution in [0.15, 0.2) is 79.0 Å². The monoisotopic (exact) mass is 511 g/mol. The lowest BCUT2D eigenvalue weighted by Gasteiger charge is -2.13. The van der Waals surface area contributed by atoms with Crippen LogP contribution in [0, 0.1) is 6.92 Å². The van der Waals surface area contributed by atoms with E-state index in [1.54, 1.807) is 30.9 Å². The average Bonchev–Trinajstić information content (AvgIpc) is 3.65. The van der Waals surface area contributed by atoms with E-state index in [-0.39, 0.29) is 11.6 Å². The van der Waals surface area contributed by atoms with Crippen LogP contribution < -0.4 is 11.1 Å². The summed E-state index contributed by atoms with van der Waals surface area (Å²) in [4.78, 5) is 21.6. The molecule has 8 nitrogen and oxygen atoms in total. The van der Waals surface area contributed by atoms with Crippen LogP contribution in [0.1, 0.15) is 36.9 Å². The second kappa shape index (κ2) is 10.4. The Morgan fingerprint density at radius 2 is 1.97 bits per heavy atom. The molecule has 1 fully saturated rings. The number of nitrogens with two attached hydrogens (primary N) is 1. The van der Waals surface area contributed by atoms with Crippen LogP contribution in [0.3, 0.4) is 0 Å². The summed E-state index contributed by atoms with van der Waals surface area (Å²) in [7, 11) is 0. The van der Waals surface area contributed by atoms with Crippen LogP contribution in [0.5, 0.6) is 0 Å². The van der Waals surface area contributed by atoms with E-state index in [0.717, 1.165) is 52.2 Å². The third kappa shape index (κ3) is 5.29. The van der Waals surface area contributed by atoms with Gasteiger partial charge in [-0.25, -0.2) is 4.98 Å². The topological polar surface area (TPSA) is 112 Å². The molecule has 4 aromatic rings. The average molecular weight is 512 g/mol. The first-order valence-electron chi connectivity index (χ1n) is 12.0. The van der Waals surface area contributed by atoms with Crippen LogP contribution in [0.4, 0.5) is 5.69 Å². The number of carbonyl (C=O) groups is 1. The molecule has 186 valence electrons. The normalized spacial score (nSPS) is 14.0. The third-order valence-electron chi connectivity index (χ3n) is 6.34. The van der Waals surface area contributed by atoms with Gasteiger partial charge in [0.15, 0.2) is 5.82 Å². The van der Waals surface area contributed by atoms with Gasteiger partial charge >= 0.3 is 0 Å². The Labute approximate surface area is 219 Å².